The van der Waals surface area contributed by atoms with E-state index in [0.717, 1.165) is 24.8 Å². The standard InChI is InChI=1S/C29H32ClF6N3O3/c1-37(26(40)20-5-8-25(42-2)23(15-20)29(34,35)36)24-17-39(16-22(24)18-3-6-21(30)7-4-18)27(41)19-9-12-38(13-10-19)14-11-28(31,32)33/h3-8,15,19,22,24H,9-14,16-17H2,1-2H3/t22-,24+/m0/s1. The summed E-state index contributed by atoms with van der Waals surface area (Å²) in [6.07, 6.45) is -9.03. The largest absolute Gasteiger partial charge is 0.496 e. The fraction of sp³-hybridized carbons (Fsp3) is 0.517. The van der Waals surface area contributed by atoms with E-state index in [9.17, 15) is 35.9 Å². The first-order chi connectivity index (χ1) is 19.7. The van der Waals surface area contributed by atoms with Crippen molar-refractivity contribution in [1.82, 2.24) is 14.7 Å². The van der Waals surface area contributed by atoms with Gasteiger partial charge in [0.05, 0.1) is 25.1 Å². The van der Waals surface area contributed by atoms with Crippen molar-refractivity contribution in [2.24, 2.45) is 5.92 Å². The summed E-state index contributed by atoms with van der Waals surface area (Å²) in [5.41, 5.74) is -0.424. The number of ether oxygens (including phenoxy) is 1. The highest BCUT2D eigenvalue weighted by atomic mass is 35.5. The number of benzene rings is 2. The van der Waals surface area contributed by atoms with Gasteiger partial charge >= 0.3 is 12.4 Å². The van der Waals surface area contributed by atoms with Crippen LogP contribution in [0.3, 0.4) is 0 Å². The first-order valence-electron chi connectivity index (χ1n) is 13.5. The molecule has 13 heteroatoms. The third-order valence-electron chi connectivity index (χ3n) is 8.12. The lowest BCUT2D eigenvalue weighted by Gasteiger charge is -2.33. The Hall–Kier alpha value is -2.99. The van der Waals surface area contributed by atoms with Crippen molar-refractivity contribution < 1.29 is 40.7 Å². The van der Waals surface area contributed by atoms with Crippen molar-refractivity contribution in [2.45, 2.75) is 43.6 Å². The average molecular weight is 620 g/mol. The van der Waals surface area contributed by atoms with Crippen molar-refractivity contribution >= 4 is 23.4 Å². The fourth-order valence-electron chi connectivity index (χ4n) is 5.76. The molecule has 42 heavy (non-hydrogen) atoms. The molecule has 0 aromatic heterocycles. The van der Waals surface area contributed by atoms with Crippen molar-refractivity contribution in [1.29, 1.82) is 0 Å². The first kappa shape index (κ1) is 31.9. The van der Waals surface area contributed by atoms with Crippen LogP contribution >= 0.6 is 11.6 Å². The minimum atomic E-state index is -4.73. The van der Waals surface area contributed by atoms with Gasteiger partial charge in [0.2, 0.25) is 5.91 Å². The van der Waals surface area contributed by atoms with Gasteiger partial charge in [0.15, 0.2) is 0 Å². The summed E-state index contributed by atoms with van der Waals surface area (Å²) in [7, 11) is 2.62. The monoisotopic (exact) mass is 619 g/mol. The zero-order valence-corrected chi connectivity index (χ0v) is 23.9. The number of likely N-dealkylation sites (N-methyl/N-ethyl adjacent to an activating group) is 1. The number of carbonyl (C=O) groups excluding carboxylic acids is 2. The summed E-state index contributed by atoms with van der Waals surface area (Å²) in [4.78, 5) is 31.8. The number of rotatable bonds is 7. The zero-order chi connectivity index (χ0) is 30.8. The van der Waals surface area contributed by atoms with Crippen LogP contribution in [0.5, 0.6) is 5.75 Å². The molecule has 2 aliphatic heterocycles. The predicted molar refractivity (Wildman–Crippen MR) is 144 cm³/mol. The molecule has 2 aromatic rings. The SMILES string of the molecule is COc1ccc(C(=O)N(C)[C@@H]2CN(C(=O)C3CCN(CCC(F)(F)F)CC3)C[C@H]2c2ccc(Cl)cc2)cc1C(F)(F)F. The molecule has 0 aliphatic carbocycles. The number of likely N-dealkylation sites (tertiary alicyclic amines) is 2. The van der Waals surface area contributed by atoms with Crippen LogP contribution < -0.4 is 4.74 Å². The van der Waals surface area contributed by atoms with E-state index in [-0.39, 0.29) is 42.9 Å². The van der Waals surface area contributed by atoms with Crippen LogP contribution in [0, 0.1) is 5.92 Å². The minimum Gasteiger partial charge on any atom is -0.496 e. The van der Waals surface area contributed by atoms with Gasteiger partial charge in [-0.15, -0.1) is 0 Å². The van der Waals surface area contributed by atoms with Gasteiger partial charge in [-0.2, -0.15) is 26.3 Å². The van der Waals surface area contributed by atoms with Gasteiger partial charge < -0.3 is 19.4 Å². The van der Waals surface area contributed by atoms with E-state index in [0.29, 0.717) is 31.0 Å². The van der Waals surface area contributed by atoms with Gasteiger partial charge in [0.25, 0.3) is 5.91 Å². The highest BCUT2D eigenvalue weighted by molar-refractivity contribution is 6.30. The Kier molecular flexibility index (Phi) is 9.66. The molecule has 2 atom stereocenters. The molecule has 2 heterocycles. The third-order valence-corrected chi connectivity index (χ3v) is 8.37. The zero-order valence-electron chi connectivity index (χ0n) is 23.1. The van der Waals surface area contributed by atoms with Crippen molar-refractivity contribution in [2.75, 3.05) is 46.9 Å². The Labute approximate surface area is 245 Å². The Morgan fingerprint density at radius 3 is 2.21 bits per heavy atom. The highest BCUT2D eigenvalue weighted by Gasteiger charge is 2.43. The molecule has 0 N–H and O–H groups in total. The average Bonchev–Trinajstić information content (AvgIpc) is 3.40. The van der Waals surface area contributed by atoms with Gasteiger partial charge in [-0.05, 0) is 61.8 Å². The van der Waals surface area contributed by atoms with E-state index >= 15 is 0 Å². The van der Waals surface area contributed by atoms with E-state index in [1.54, 1.807) is 34.1 Å². The molecular formula is C29H32ClF6N3O3. The molecule has 2 aromatic carbocycles. The maximum atomic E-state index is 13.6. The lowest BCUT2D eigenvalue weighted by atomic mass is 9.93. The number of halogens is 7. The van der Waals surface area contributed by atoms with Gasteiger partial charge in [0, 0.05) is 49.1 Å². The lowest BCUT2D eigenvalue weighted by molar-refractivity contribution is -0.141. The van der Waals surface area contributed by atoms with Crippen LogP contribution in [0.4, 0.5) is 26.3 Å². The molecule has 2 saturated heterocycles. The summed E-state index contributed by atoms with van der Waals surface area (Å²) in [6, 6.07) is 9.55. The van der Waals surface area contributed by atoms with Crippen LogP contribution in [0.1, 0.15) is 46.7 Å². The molecule has 4 rings (SSSR count). The molecule has 230 valence electrons. The number of hydrogen-bond acceptors (Lipinski definition) is 4. The van der Waals surface area contributed by atoms with Crippen molar-refractivity contribution in [3.05, 3.63) is 64.2 Å². The number of piperidine rings is 1. The summed E-state index contributed by atoms with van der Waals surface area (Å²) < 4.78 is 83.5. The molecule has 2 aliphatic rings. The summed E-state index contributed by atoms with van der Waals surface area (Å²) in [5.74, 6) is -1.89. The van der Waals surface area contributed by atoms with Crippen molar-refractivity contribution in [3.8, 4) is 5.75 Å². The molecule has 0 radical (unpaired) electrons. The minimum absolute atomic E-state index is 0.108. The van der Waals surface area contributed by atoms with Gasteiger partial charge in [-0.25, -0.2) is 0 Å². The summed E-state index contributed by atoms with van der Waals surface area (Å²) >= 11 is 6.07. The third kappa shape index (κ3) is 7.50. The number of alkyl halides is 6. The van der Waals surface area contributed by atoms with Crippen molar-refractivity contribution in [3.63, 3.8) is 0 Å². The van der Waals surface area contributed by atoms with Gasteiger partial charge in [-0.3, -0.25) is 9.59 Å². The maximum absolute atomic E-state index is 13.6. The summed E-state index contributed by atoms with van der Waals surface area (Å²) in [6.45, 7) is 1.07. The molecule has 0 spiro atoms. The number of amides is 2. The van der Waals surface area contributed by atoms with Gasteiger partial charge in [0.1, 0.15) is 5.75 Å². The van der Waals surface area contributed by atoms with E-state index in [1.165, 1.54) is 18.0 Å². The Bertz CT molecular complexity index is 1260. The molecule has 6 nitrogen and oxygen atoms in total. The van der Waals surface area contributed by atoms with Crippen LogP contribution in [0.25, 0.3) is 0 Å². The van der Waals surface area contributed by atoms with E-state index in [2.05, 4.69) is 0 Å². The number of hydrogen-bond donors (Lipinski definition) is 0. The highest BCUT2D eigenvalue weighted by Crippen LogP contribution is 2.38. The smallest absolute Gasteiger partial charge is 0.419 e. The van der Waals surface area contributed by atoms with Crippen LogP contribution in [-0.2, 0) is 11.0 Å². The van der Waals surface area contributed by atoms with Crippen LogP contribution in [-0.4, -0.2) is 85.6 Å². The van der Waals surface area contributed by atoms with E-state index in [4.69, 9.17) is 16.3 Å². The molecular weight excluding hydrogens is 588 g/mol. The lowest BCUT2D eigenvalue weighted by Crippen LogP contribution is -2.44. The molecule has 2 fully saturated rings. The molecule has 0 unspecified atom stereocenters. The Balaban J connectivity index is 1.52. The molecule has 0 saturated carbocycles. The van der Waals surface area contributed by atoms with E-state index in [1.807, 2.05) is 0 Å². The Morgan fingerprint density at radius 2 is 1.64 bits per heavy atom. The second-order valence-electron chi connectivity index (χ2n) is 10.8. The number of nitrogens with zero attached hydrogens (tertiary/aromatic N) is 3. The molecule has 0 bridgehead atoms. The second-order valence-corrected chi connectivity index (χ2v) is 11.2. The first-order valence-corrected chi connectivity index (χ1v) is 13.9. The normalized spacial score (nSPS) is 20.5. The van der Waals surface area contributed by atoms with E-state index < -0.39 is 42.0 Å². The number of carbonyl (C=O) groups is 2. The van der Waals surface area contributed by atoms with Crippen LogP contribution in [0.2, 0.25) is 5.02 Å². The van der Waals surface area contributed by atoms with Gasteiger partial charge in [-0.1, -0.05) is 23.7 Å². The fourth-order valence-corrected chi connectivity index (χ4v) is 5.89. The van der Waals surface area contributed by atoms with Crippen LogP contribution in [0.15, 0.2) is 42.5 Å². The second kappa shape index (κ2) is 12.7. The predicted octanol–water partition coefficient (Wildman–Crippen LogP) is 6.10. The molecule has 2 amide bonds. The quantitative estimate of drug-likeness (QED) is 0.352. The topological polar surface area (TPSA) is 53.1 Å². The maximum Gasteiger partial charge on any atom is 0.419 e. The summed E-state index contributed by atoms with van der Waals surface area (Å²) in [5, 5.41) is 0.501. The number of methoxy groups -OCH3 is 1. The Morgan fingerprint density at radius 1 is 1.00 bits per heavy atom.